The second kappa shape index (κ2) is 6.43. The van der Waals surface area contributed by atoms with Gasteiger partial charge < -0.3 is 15.7 Å². The average molecular weight is 326 g/mol. The summed E-state index contributed by atoms with van der Waals surface area (Å²) in [6, 6.07) is 6.60. The number of rotatable bonds is 5. The summed E-state index contributed by atoms with van der Waals surface area (Å²) in [6.07, 6.45) is 0. The van der Waals surface area contributed by atoms with Crippen LogP contribution in [-0.4, -0.2) is 23.1 Å². The Balaban J connectivity index is 2.17. The SMILES string of the molecule is CC(c1ccc(Cl)cc1)N(C)c1nc(C(N)C(=O)O)cs1. The molecule has 0 bridgehead atoms. The molecule has 1 aromatic heterocycles. The van der Waals surface area contributed by atoms with Crippen LogP contribution >= 0.6 is 22.9 Å². The van der Waals surface area contributed by atoms with Crippen LogP contribution in [0.4, 0.5) is 5.13 Å². The number of aliphatic carboxylic acids is 1. The van der Waals surface area contributed by atoms with Crippen molar-refractivity contribution in [2.45, 2.75) is 19.0 Å². The van der Waals surface area contributed by atoms with Crippen molar-refractivity contribution in [3.05, 3.63) is 45.9 Å². The summed E-state index contributed by atoms with van der Waals surface area (Å²) in [7, 11) is 1.91. The molecule has 0 radical (unpaired) electrons. The van der Waals surface area contributed by atoms with Crippen molar-refractivity contribution in [1.82, 2.24) is 4.98 Å². The third kappa shape index (κ3) is 3.53. The molecule has 0 aliphatic rings. The van der Waals surface area contributed by atoms with E-state index in [1.54, 1.807) is 5.38 Å². The summed E-state index contributed by atoms with van der Waals surface area (Å²) in [5, 5.41) is 12.0. The molecule has 0 saturated carbocycles. The zero-order chi connectivity index (χ0) is 15.6. The lowest BCUT2D eigenvalue weighted by molar-refractivity contribution is -0.138. The first kappa shape index (κ1) is 15.8. The minimum atomic E-state index is -1.09. The van der Waals surface area contributed by atoms with Gasteiger partial charge >= 0.3 is 5.97 Å². The Kier molecular flexibility index (Phi) is 4.82. The number of carbonyl (C=O) groups is 1. The molecule has 5 nitrogen and oxygen atoms in total. The van der Waals surface area contributed by atoms with Gasteiger partial charge in [-0.2, -0.15) is 0 Å². The van der Waals surface area contributed by atoms with Gasteiger partial charge in [0.25, 0.3) is 0 Å². The van der Waals surface area contributed by atoms with Gasteiger partial charge in [-0.05, 0) is 24.6 Å². The van der Waals surface area contributed by atoms with Gasteiger partial charge in [0.15, 0.2) is 5.13 Å². The van der Waals surface area contributed by atoms with Gasteiger partial charge in [0, 0.05) is 17.5 Å². The van der Waals surface area contributed by atoms with E-state index in [2.05, 4.69) is 4.98 Å². The van der Waals surface area contributed by atoms with Crippen LogP contribution in [0, 0.1) is 0 Å². The molecule has 1 aromatic carbocycles. The summed E-state index contributed by atoms with van der Waals surface area (Å²) >= 11 is 7.26. The highest BCUT2D eigenvalue weighted by atomic mass is 35.5. The number of aromatic nitrogens is 1. The maximum absolute atomic E-state index is 10.9. The fourth-order valence-electron chi connectivity index (χ4n) is 1.84. The van der Waals surface area contributed by atoms with Crippen LogP contribution in [0.15, 0.2) is 29.6 Å². The minimum Gasteiger partial charge on any atom is -0.480 e. The third-order valence-electron chi connectivity index (χ3n) is 3.33. The van der Waals surface area contributed by atoms with Gasteiger partial charge in [-0.25, -0.2) is 4.98 Å². The van der Waals surface area contributed by atoms with Gasteiger partial charge in [0.05, 0.1) is 11.7 Å². The number of nitrogens with zero attached hydrogens (tertiary/aromatic N) is 2. The Labute approximate surface area is 132 Å². The van der Waals surface area contributed by atoms with Gasteiger partial charge in [-0.15, -0.1) is 11.3 Å². The van der Waals surface area contributed by atoms with Gasteiger partial charge in [-0.3, -0.25) is 4.79 Å². The maximum atomic E-state index is 10.9. The molecule has 0 aliphatic heterocycles. The van der Waals surface area contributed by atoms with E-state index in [1.165, 1.54) is 11.3 Å². The van der Waals surface area contributed by atoms with E-state index in [0.29, 0.717) is 10.7 Å². The highest BCUT2D eigenvalue weighted by Crippen LogP contribution is 2.29. The quantitative estimate of drug-likeness (QED) is 0.883. The lowest BCUT2D eigenvalue weighted by Gasteiger charge is -2.24. The molecule has 2 rings (SSSR count). The van der Waals surface area contributed by atoms with E-state index in [4.69, 9.17) is 22.4 Å². The number of carboxylic acid groups (broad SMARTS) is 1. The van der Waals surface area contributed by atoms with Crippen molar-refractivity contribution in [3.8, 4) is 0 Å². The molecular weight excluding hydrogens is 310 g/mol. The predicted octanol–water partition coefficient (Wildman–Crippen LogP) is 3.08. The summed E-state index contributed by atoms with van der Waals surface area (Å²) in [4.78, 5) is 17.2. The molecule has 0 saturated heterocycles. The fraction of sp³-hybridized carbons (Fsp3) is 0.286. The number of hydrogen-bond donors (Lipinski definition) is 2. The van der Waals surface area contributed by atoms with Crippen LogP contribution in [0.3, 0.4) is 0 Å². The zero-order valence-corrected chi connectivity index (χ0v) is 13.2. The second-order valence-corrected chi connectivity index (χ2v) is 5.98. The van der Waals surface area contributed by atoms with Crippen LogP contribution in [-0.2, 0) is 4.79 Å². The van der Waals surface area contributed by atoms with Crippen molar-refractivity contribution in [2.75, 3.05) is 11.9 Å². The first-order valence-corrected chi connectivity index (χ1v) is 7.58. The number of hydrogen-bond acceptors (Lipinski definition) is 5. The number of thiazole rings is 1. The number of nitrogens with two attached hydrogens (primary N) is 1. The van der Waals surface area contributed by atoms with E-state index in [9.17, 15) is 4.79 Å². The lowest BCUT2D eigenvalue weighted by Crippen LogP contribution is -2.23. The van der Waals surface area contributed by atoms with Crippen molar-refractivity contribution in [2.24, 2.45) is 5.73 Å². The van der Waals surface area contributed by atoms with Crippen LogP contribution in [0.1, 0.15) is 30.3 Å². The molecule has 2 aromatic rings. The Morgan fingerprint density at radius 2 is 2.05 bits per heavy atom. The van der Waals surface area contributed by atoms with Crippen molar-refractivity contribution in [1.29, 1.82) is 0 Å². The molecule has 7 heteroatoms. The van der Waals surface area contributed by atoms with Crippen LogP contribution < -0.4 is 10.6 Å². The Bertz CT molecular complexity index is 629. The first-order chi connectivity index (χ1) is 9.90. The first-order valence-electron chi connectivity index (χ1n) is 6.32. The van der Waals surface area contributed by atoms with E-state index in [0.717, 1.165) is 10.7 Å². The summed E-state index contributed by atoms with van der Waals surface area (Å²) < 4.78 is 0. The van der Waals surface area contributed by atoms with E-state index in [1.807, 2.05) is 43.1 Å². The molecule has 112 valence electrons. The van der Waals surface area contributed by atoms with Crippen LogP contribution in [0.25, 0.3) is 0 Å². The molecule has 1 heterocycles. The Morgan fingerprint density at radius 3 is 2.62 bits per heavy atom. The topological polar surface area (TPSA) is 79.5 Å². The molecule has 2 atom stereocenters. The average Bonchev–Trinajstić information content (AvgIpc) is 2.95. The largest absolute Gasteiger partial charge is 0.480 e. The van der Waals surface area contributed by atoms with Crippen molar-refractivity contribution < 1.29 is 9.90 Å². The molecule has 0 aliphatic carbocycles. The second-order valence-electron chi connectivity index (χ2n) is 4.71. The summed E-state index contributed by atoms with van der Waals surface area (Å²) in [5.74, 6) is -1.08. The van der Waals surface area contributed by atoms with Gasteiger partial charge in [0.1, 0.15) is 6.04 Å². The summed E-state index contributed by atoms with van der Waals surface area (Å²) in [6.45, 7) is 2.04. The molecule has 0 amide bonds. The molecule has 21 heavy (non-hydrogen) atoms. The predicted molar refractivity (Wildman–Crippen MR) is 84.9 cm³/mol. The number of halogens is 1. The maximum Gasteiger partial charge on any atom is 0.326 e. The monoisotopic (exact) mass is 325 g/mol. The summed E-state index contributed by atoms with van der Waals surface area (Å²) in [5.41, 5.74) is 7.04. The molecule has 0 spiro atoms. The lowest BCUT2D eigenvalue weighted by atomic mass is 10.1. The highest BCUT2D eigenvalue weighted by Gasteiger charge is 2.21. The van der Waals surface area contributed by atoms with Crippen molar-refractivity contribution in [3.63, 3.8) is 0 Å². The van der Waals surface area contributed by atoms with Gasteiger partial charge in [0.2, 0.25) is 0 Å². The normalized spacial score (nSPS) is 13.7. The van der Waals surface area contributed by atoms with E-state index in [-0.39, 0.29) is 6.04 Å². The van der Waals surface area contributed by atoms with Crippen molar-refractivity contribution >= 4 is 34.0 Å². The Hall–Kier alpha value is -1.63. The highest BCUT2D eigenvalue weighted by molar-refractivity contribution is 7.13. The molecule has 0 fully saturated rings. The molecule has 3 N–H and O–H groups in total. The van der Waals surface area contributed by atoms with Crippen LogP contribution in [0.2, 0.25) is 5.02 Å². The fourth-order valence-corrected chi connectivity index (χ4v) is 2.87. The smallest absolute Gasteiger partial charge is 0.326 e. The zero-order valence-electron chi connectivity index (χ0n) is 11.7. The third-order valence-corrected chi connectivity index (χ3v) is 4.53. The molecular formula is C14H16ClN3O2S. The van der Waals surface area contributed by atoms with Crippen LogP contribution in [0.5, 0.6) is 0 Å². The van der Waals surface area contributed by atoms with E-state index >= 15 is 0 Å². The minimum absolute atomic E-state index is 0.0855. The number of benzene rings is 1. The van der Waals surface area contributed by atoms with Gasteiger partial charge in [-0.1, -0.05) is 23.7 Å². The standard InChI is InChI=1S/C14H16ClN3O2S/c1-8(9-3-5-10(15)6-4-9)18(2)14-17-11(7-21-14)12(16)13(19)20/h3-8,12H,16H2,1-2H3,(H,19,20). The number of anilines is 1. The Morgan fingerprint density at radius 1 is 1.43 bits per heavy atom. The molecule has 2 unspecified atom stereocenters. The van der Waals surface area contributed by atoms with E-state index < -0.39 is 12.0 Å². The number of carboxylic acids is 1.